The van der Waals surface area contributed by atoms with Crippen LogP contribution in [0.4, 0.5) is 5.82 Å². The van der Waals surface area contributed by atoms with Crippen molar-refractivity contribution in [3.63, 3.8) is 0 Å². The summed E-state index contributed by atoms with van der Waals surface area (Å²) in [6.45, 7) is 6.51. The Labute approximate surface area is 205 Å². The summed E-state index contributed by atoms with van der Waals surface area (Å²) >= 11 is 0. The van der Waals surface area contributed by atoms with E-state index in [9.17, 15) is 8.42 Å². The fraction of sp³-hybridized carbons (Fsp3) is 0.360. The Balaban J connectivity index is 1.28. The summed E-state index contributed by atoms with van der Waals surface area (Å²) in [5, 5.41) is 0. The number of nitrogens with zero attached hydrogens (tertiary/aromatic N) is 6. The number of pyridine rings is 3. The molecule has 0 amide bonds. The van der Waals surface area contributed by atoms with E-state index < -0.39 is 10.0 Å². The number of aromatic nitrogens is 3. The van der Waals surface area contributed by atoms with Gasteiger partial charge in [0.2, 0.25) is 15.9 Å². The number of hydrogen-bond acceptors (Lipinski definition) is 8. The third-order valence-corrected chi connectivity index (χ3v) is 7.88. The molecule has 3 aromatic heterocycles. The van der Waals surface area contributed by atoms with Crippen LogP contribution in [0.5, 0.6) is 5.88 Å². The largest absolute Gasteiger partial charge is 0.475 e. The minimum absolute atomic E-state index is 0.0365. The number of ether oxygens (including phenoxy) is 1. The van der Waals surface area contributed by atoms with Gasteiger partial charge in [-0.15, -0.1) is 0 Å². The molecule has 1 fully saturated rings. The molecule has 0 radical (unpaired) electrons. The topological polar surface area (TPSA) is 101 Å². The molecule has 0 atom stereocenters. The highest BCUT2D eigenvalue weighted by atomic mass is 32.2. The van der Waals surface area contributed by atoms with E-state index in [4.69, 9.17) is 9.73 Å². The number of aliphatic imine (C=N–C) groups is 1. The molecule has 0 aliphatic carbocycles. The van der Waals surface area contributed by atoms with Gasteiger partial charge in [-0.3, -0.25) is 9.98 Å². The lowest BCUT2D eigenvalue weighted by molar-refractivity contribution is 0.232. The molecule has 0 aromatic carbocycles. The van der Waals surface area contributed by atoms with Crippen LogP contribution in [0, 0.1) is 0 Å². The average Bonchev–Trinajstić information content (AvgIpc) is 3.27. The van der Waals surface area contributed by atoms with E-state index >= 15 is 0 Å². The molecule has 0 unspecified atom stereocenters. The first kappa shape index (κ1) is 23.4. The van der Waals surface area contributed by atoms with Gasteiger partial charge in [0.05, 0.1) is 24.1 Å². The third-order valence-electron chi connectivity index (χ3n) is 6.03. The standard InChI is InChI=1S/C25H28N6O3S/c1-18(2)34-24-13-22-21(15-28-24)16-29-25(22)20-5-7-27-23(12-20)30-8-10-31(11-9-30)35(32,33)17-19-4-3-6-26-14-19/h3-7,12-15,18H,8-11,16-17H2,1-2H3. The molecule has 3 aromatic rings. The van der Waals surface area contributed by atoms with Gasteiger partial charge in [-0.25, -0.2) is 18.4 Å². The zero-order chi connectivity index (χ0) is 24.4. The van der Waals surface area contributed by atoms with Crippen LogP contribution in [-0.2, 0) is 22.3 Å². The molecule has 0 N–H and O–H groups in total. The predicted molar refractivity (Wildman–Crippen MR) is 134 cm³/mol. The zero-order valence-corrected chi connectivity index (χ0v) is 20.6. The second kappa shape index (κ2) is 9.71. The fourth-order valence-electron chi connectivity index (χ4n) is 4.33. The molecular formula is C25H28N6O3S. The van der Waals surface area contributed by atoms with Crippen molar-refractivity contribution in [1.82, 2.24) is 19.3 Å². The van der Waals surface area contributed by atoms with Gasteiger partial charge in [-0.2, -0.15) is 4.31 Å². The van der Waals surface area contributed by atoms with Gasteiger partial charge >= 0.3 is 0 Å². The van der Waals surface area contributed by atoms with Gasteiger partial charge in [0.15, 0.2) is 0 Å². The van der Waals surface area contributed by atoms with Crippen molar-refractivity contribution in [2.45, 2.75) is 32.2 Å². The Bertz CT molecular complexity index is 1340. The Morgan fingerprint density at radius 3 is 2.60 bits per heavy atom. The van der Waals surface area contributed by atoms with E-state index in [1.807, 2.05) is 38.2 Å². The van der Waals surface area contributed by atoms with Crippen LogP contribution >= 0.6 is 0 Å². The summed E-state index contributed by atoms with van der Waals surface area (Å²) in [6.07, 6.45) is 6.89. The Kier molecular flexibility index (Phi) is 6.48. The lowest BCUT2D eigenvalue weighted by atomic mass is 10.0. The number of piperazine rings is 1. The van der Waals surface area contributed by atoms with Crippen molar-refractivity contribution in [3.8, 4) is 5.88 Å². The lowest BCUT2D eigenvalue weighted by Gasteiger charge is -2.34. The highest BCUT2D eigenvalue weighted by Gasteiger charge is 2.28. The molecule has 35 heavy (non-hydrogen) atoms. The molecule has 9 nitrogen and oxygen atoms in total. The Morgan fingerprint density at radius 1 is 1.03 bits per heavy atom. The van der Waals surface area contributed by atoms with Crippen LogP contribution in [0.1, 0.15) is 36.1 Å². The Morgan fingerprint density at radius 2 is 1.86 bits per heavy atom. The number of rotatable bonds is 7. The summed E-state index contributed by atoms with van der Waals surface area (Å²) in [4.78, 5) is 19.8. The van der Waals surface area contributed by atoms with Gasteiger partial charge in [-0.1, -0.05) is 6.07 Å². The normalized spacial score (nSPS) is 16.3. The average molecular weight is 493 g/mol. The molecule has 182 valence electrons. The lowest BCUT2D eigenvalue weighted by Crippen LogP contribution is -2.49. The van der Waals surface area contributed by atoms with Crippen molar-refractivity contribution < 1.29 is 13.2 Å². The highest BCUT2D eigenvalue weighted by Crippen LogP contribution is 2.27. The predicted octanol–water partition coefficient (Wildman–Crippen LogP) is 2.66. The number of sulfonamides is 1. The van der Waals surface area contributed by atoms with E-state index in [0.29, 0.717) is 44.2 Å². The van der Waals surface area contributed by atoms with Crippen LogP contribution in [0.2, 0.25) is 0 Å². The maximum atomic E-state index is 12.9. The minimum atomic E-state index is -3.40. The minimum Gasteiger partial charge on any atom is -0.475 e. The van der Waals surface area contributed by atoms with Crippen molar-refractivity contribution in [2.75, 3.05) is 31.1 Å². The van der Waals surface area contributed by atoms with Crippen molar-refractivity contribution in [3.05, 3.63) is 77.4 Å². The first-order chi connectivity index (χ1) is 16.9. The molecule has 10 heteroatoms. The third kappa shape index (κ3) is 5.18. The second-order valence-corrected chi connectivity index (χ2v) is 10.9. The van der Waals surface area contributed by atoms with Crippen LogP contribution in [0.25, 0.3) is 0 Å². The van der Waals surface area contributed by atoms with Crippen LogP contribution in [0.3, 0.4) is 0 Å². The van der Waals surface area contributed by atoms with Crippen LogP contribution in [0.15, 0.2) is 60.1 Å². The van der Waals surface area contributed by atoms with Gasteiger partial charge in [0, 0.05) is 73.7 Å². The first-order valence-electron chi connectivity index (χ1n) is 11.7. The first-order valence-corrected chi connectivity index (χ1v) is 13.3. The van der Waals surface area contributed by atoms with E-state index in [1.165, 1.54) is 0 Å². The van der Waals surface area contributed by atoms with Crippen LogP contribution < -0.4 is 9.64 Å². The molecule has 0 bridgehead atoms. The molecule has 5 heterocycles. The Hall–Kier alpha value is -3.37. The molecule has 0 saturated carbocycles. The van der Waals surface area contributed by atoms with Gasteiger partial charge in [-0.05, 0) is 37.6 Å². The summed E-state index contributed by atoms with van der Waals surface area (Å²) in [6, 6.07) is 9.47. The van der Waals surface area contributed by atoms with E-state index in [0.717, 1.165) is 28.2 Å². The molecule has 2 aliphatic heterocycles. The molecule has 0 spiro atoms. The van der Waals surface area contributed by atoms with E-state index in [2.05, 4.69) is 19.9 Å². The van der Waals surface area contributed by atoms with Crippen molar-refractivity contribution >= 4 is 21.6 Å². The van der Waals surface area contributed by atoms with E-state index in [1.54, 1.807) is 35.0 Å². The highest BCUT2D eigenvalue weighted by molar-refractivity contribution is 7.88. The van der Waals surface area contributed by atoms with Crippen molar-refractivity contribution in [1.29, 1.82) is 0 Å². The molecule has 5 rings (SSSR count). The monoisotopic (exact) mass is 492 g/mol. The van der Waals surface area contributed by atoms with Crippen LogP contribution in [-0.4, -0.2) is 65.7 Å². The maximum Gasteiger partial charge on any atom is 0.218 e. The summed E-state index contributed by atoms with van der Waals surface area (Å²) in [5.74, 6) is 1.37. The quantitative estimate of drug-likeness (QED) is 0.500. The van der Waals surface area contributed by atoms with Gasteiger partial charge in [0.1, 0.15) is 5.82 Å². The summed E-state index contributed by atoms with van der Waals surface area (Å²) in [5.41, 5.74) is 4.67. The summed E-state index contributed by atoms with van der Waals surface area (Å²) < 4.78 is 33.1. The fourth-order valence-corrected chi connectivity index (χ4v) is 5.83. The zero-order valence-electron chi connectivity index (χ0n) is 19.8. The molecular weight excluding hydrogens is 464 g/mol. The maximum absolute atomic E-state index is 12.9. The molecule has 1 saturated heterocycles. The number of anilines is 1. The summed E-state index contributed by atoms with van der Waals surface area (Å²) in [7, 11) is -3.40. The van der Waals surface area contributed by atoms with Gasteiger partial charge < -0.3 is 9.64 Å². The van der Waals surface area contributed by atoms with Gasteiger partial charge in [0.25, 0.3) is 0 Å². The van der Waals surface area contributed by atoms with Crippen molar-refractivity contribution in [2.24, 2.45) is 4.99 Å². The smallest absolute Gasteiger partial charge is 0.218 e. The van der Waals surface area contributed by atoms with E-state index in [-0.39, 0.29) is 11.9 Å². The second-order valence-electron chi connectivity index (χ2n) is 8.92. The SMILES string of the molecule is CC(C)Oc1cc2c(cn1)CN=C2c1ccnc(N2CCN(S(=O)(=O)Cc3cccnc3)CC2)c1. The number of hydrogen-bond donors (Lipinski definition) is 0. The number of fused-ring (bicyclic) bond motifs is 1. The molecule has 2 aliphatic rings.